The van der Waals surface area contributed by atoms with Crippen molar-refractivity contribution in [1.82, 2.24) is 4.57 Å². The van der Waals surface area contributed by atoms with Gasteiger partial charge in [0, 0.05) is 32.7 Å². The minimum atomic E-state index is -0.0304. The van der Waals surface area contributed by atoms with Crippen molar-refractivity contribution in [2.75, 3.05) is 0 Å². The second-order valence-corrected chi connectivity index (χ2v) is 25.5. The first-order chi connectivity index (χ1) is 40.0. The van der Waals surface area contributed by atoms with Gasteiger partial charge in [0.15, 0.2) is 0 Å². The van der Waals surface area contributed by atoms with Gasteiger partial charge in [-0.25, -0.2) is 0 Å². The highest BCUT2D eigenvalue weighted by molar-refractivity contribution is 6.25. The molecule has 0 saturated carbocycles. The molecule has 19 rings (SSSR count). The molecule has 0 bridgehead atoms. The van der Waals surface area contributed by atoms with E-state index in [1.807, 2.05) is 0 Å². The van der Waals surface area contributed by atoms with Gasteiger partial charge >= 0.3 is 0 Å². The summed E-state index contributed by atoms with van der Waals surface area (Å²) >= 11 is 0. The SMILES string of the molecule is CC1(C)C2=C(c3cc(-n4c5ccccc5c5ccccc54)ccc31)c1cccc3cccc2c13.CC1(C)C2=C(c3ccccc31)c1cc(-c3ccc(-c4cc5c6c(cccc6c4)C4=C5c5ccccc5C4(C)C)cc3)cc3cccc2c13. The number of hydrogen-bond donors (Lipinski definition) is 0. The van der Waals surface area contributed by atoms with Crippen LogP contribution in [0.15, 0.2) is 237 Å². The second kappa shape index (κ2) is 15.9. The van der Waals surface area contributed by atoms with Crippen LogP contribution >= 0.6 is 0 Å². The van der Waals surface area contributed by atoms with Gasteiger partial charge in [-0.3, -0.25) is 0 Å². The molecule has 0 spiro atoms. The number of hydrogen-bond acceptors (Lipinski definition) is 0. The third-order valence-corrected chi connectivity index (χ3v) is 20.2. The van der Waals surface area contributed by atoms with Gasteiger partial charge in [0.05, 0.1) is 11.0 Å². The molecule has 0 saturated heterocycles. The van der Waals surface area contributed by atoms with Gasteiger partial charge < -0.3 is 4.57 Å². The van der Waals surface area contributed by atoms with Crippen molar-refractivity contribution < 1.29 is 0 Å². The van der Waals surface area contributed by atoms with Crippen LogP contribution in [0.4, 0.5) is 0 Å². The molecule has 82 heavy (non-hydrogen) atoms. The van der Waals surface area contributed by atoms with Crippen LogP contribution in [0.3, 0.4) is 0 Å². The number of para-hydroxylation sites is 2. The van der Waals surface area contributed by atoms with Crippen LogP contribution in [0.1, 0.15) is 108 Å². The Labute approximate surface area is 478 Å². The van der Waals surface area contributed by atoms with Crippen LogP contribution in [0.2, 0.25) is 0 Å². The fourth-order valence-electron chi connectivity index (χ4n) is 16.7. The minimum Gasteiger partial charge on any atom is -0.309 e. The van der Waals surface area contributed by atoms with Crippen LogP contribution in [0.5, 0.6) is 0 Å². The summed E-state index contributed by atoms with van der Waals surface area (Å²) in [5, 5.41) is 10.8. The number of allylic oxidation sites excluding steroid dienone is 3. The maximum Gasteiger partial charge on any atom is 0.0541 e. The summed E-state index contributed by atoms with van der Waals surface area (Å²) in [7, 11) is 0. The van der Waals surface area contributed by atoms with Gasteiger partial charge in [0.25, 0.3) is 0 Å². The highest BCUT2D eigenvalue weighted by Gasteiger charge is 2.46. The van der Waals surface area contributed by atoms with E-state index in [9.17, 15) is 0 Å². The Morgan fingerprint density at radius 3 is 1.12 bits per heavy atom. The lowest BCUT2D eigenvalue weighted by Crippen LogP contribution is -2.16. The molecule has 0 radical (unpaired) electrons. The molecular weight excluding hydrogens is 987 g/mol. The average molecular weight is 1040 g/mol. The number of rotatable bonds is 3. The predicted molar refractivity (Wildman–Crippen MR) is 347 cm³/mol. The summed E-state index contributed by atoms with van der Waals surface area (Å²) < 4.78 is 2.43. The third kappa shape index (κ3) is 5.83. The van der Waals surface area contributed by atoms with Gasteiger partial charge in [-0.15, -0.1) is 0 Å². The maximum atomic E-state index is 2.45. The Balaban J connectivity index is 0.000000133. The Morgan fingerprint density at radius 1 is 0.256 bits per heavy atom. The van der Waals surface area contributed by atoms with Crippen molar-refractivity contribution >= 4 is 87.6 Å². The van der Waals surface area contributed by atoms with E-state index in [1.165, 1.54) is 182 Å². The Kier molecular flexibility index (Phi) is 8.95. The molecule has 0 aliphatic heterocycles. The number of aromatic nitrogens is 1. The zero-order valence-corrected chi connectivity index (χ0v) is 47.0. The van der Waals surface area contributed by atoms with E-state index in [2.05, 4.69) is 283 Å². The zero-order chi connectivity index (χ0) is 54.7. The lowest BCUT2D eigenvalue weighted by atomic mass is 9.78. The summed E-state index contributed by atoms with van der Waals surface area (Å²) in [4.78, 5) is 0. The molecule has 0 N–H and O–H groups in total. The van der Waals surface area contributed by atoms with E-state index in [1.54, 1.807) is 0 Å². The fourth-order valence-corrected chi connectivity index (χ4v) is 16.7. The molecule has 12 aromatic carbocycles. The van der Waals surface area contributed by atoms with Crippen molar-refractivity contribution in [1.29, 1.82) is 0 Å². The molecule has 0 amide bonds. The number of fused-ring (bicyclic) bond motifs is 15. The van der Waals surface area contributed by atoms with Crippen LogP contribution in [-0.4, -0.2) is 4.57 Å². The Hall–Kier alpha value is -9.56. The zero-order valence-electron chi connectivity index (χ0n) is 47.0. The van der Waals surface area contributed by atoms with Crippen molar-refractivity contribution in [3.05, 3.63) is 303 Å². The summed E-state index contributed by atoms with van der Waals surface area (Å²) in [6.45, 7) is 14.3. The first-order valence-corrected chi connectivity index (χ1v) is 29.3. The van der Waals surface area contributed by atoms with Crippen molar-refractivity contribution in [2.24, 2.45) is 0 Å². The van der Waals surface area contributed by atoms with Crippen molar-refractivity contribution in [3.8, 4) is 27.9 Å². The van der Waals surface area contributed by atoms with E-state index in [4.69, 9.17) is 0 Å². The topological polar surface area (TPSA) is 4.93 Å². The van der Waals surface area contributed by atoms with Crippen molar-refractivity contribution in [2.45, 2.75) is 57.8 Å². The molecule has 0 atom stereocenters. The lowest BCUT2D eigenvalue weighted by molar-refractivity contribution is 0.704. The lowest BCUT2D eigenvalue weighted by Gasteiger charge is -2.25. The number of benzene rings is 12. The van der Waals surface area contributed by atoms with Gasteiger partial charge in [0.2, 0.25) is 0 Å². The third-order valence-electron chi connectivity index (χ3n) is 20.2. The van der Waals surface area contributed by atoms with E-state index >= 15 is 0 Å². The fraction of sp³-hybridized carbons (Fsp3) is 0.111. The first-order valence-electron chi connectivity index (χ1n) is 29.3. The molecule has 1 heteroatoms. The molecule has 13 aromatic rings. The first kappa shape index (κ1) is 46.2. The second-order valence-electron chi connectivity index (χ2n) is 25.5. The van der Waals surface area contributed by atoms with Crippen LogP contribution in [-0.2, 0) is 16.2 Å². The maximum absolute atomic E-state index is 2.45. The summed E-state index contributed by atoms with van der Waals surface area (Å²) in [5.41, 5.74) is 34.3. The summed E-state index contributed by atoms with van der Waals surface area (Å²) in [6.07, 6.45) is 0. The molecule has 1 aromatic heterocycles. The van der Waals surface area contributed by atoms with E-state index in [-0.39, 0.29) is 16.2 Å². The molecule has 0 unspecified atom stereocenters. The molecule has 0 fully saturated rings. The van der Waals surface area contributed by atoms with Gasteiger partial charge in [0.1, 0.15) is 0 Å². The van der Waals surface area contributed by atoms with Gasteiger partial charge in [-0.1, -0.05) is 230 Å². The van der Waals surface area contributed by atoms with E-state index in [0.717, 1.165) is 0 Å². The largest absolute Gasteiger partial charge is 0.309 e. The molecule has 1 nitrogen and oxygen atoms in total. The predicted octanol–water partition coefficient (Wildman–Crippen LogP) is 21.0. The van der Waals surface area contributed by atoms with Gasteiger partial charge in [-0.2, -0.15) is 0 Å². The molecule has 1 heterocycles. The minimum absolute atomic E-state index is 0.0187. The average Bonchev–Trinajstić information content (AvgIpc) is 2.83. The molecule has 6 aliphatic carbocycles. The van der Waals surface area contributed by atoms with Gasteiger partial charge in [-0.05, 0) is 203 Å². The summed E-state index contributed by atoms with van der Waals surface area (Å²) in [5.74, 6) is 0. The highest BCUT2D eigenvalue weighted by Crippen LogP contribution is 2.62. The van der Waals surface area contributed by atoms with Crippen LogP contribution in [0, 0.1) is 0 Å². The normalized spacial score (nSPS) is 16.3. The Bertz CT molecular complexity index is 4960. The standard InChI is InChI=1S/C48H34.C33H23N/c1-47(2)39-17-7-5-13-33(39)43-37-25-31(23-29-11-9-15-35(41(29)37)45(43)47)27-19-21-28(22-20-27)32-24-30-12-10-16-36-42(30)38(26-32)44-34-14-6-8-18-40(34)48(3,4)46(36)44;1-33(2)27-18-17-21(34-28-15-5-3-11-22(28)23-12-4-6-16-29(23)34)19-26(27)31-24-13-7-9-20-10-8-14-25(30(20)24)32(31)33/h5-26H,1-4H3;3-19H,1-2H3. The molecule has 6 aliphatic rings. The van der Waals surface area contributed by atoms with Crippen LogP contribution in [0.25, 0.3) is 116 Å². The molecule has 386 valence electrons. The van der Waals surface area contributed by atoms with E-state index in [0.29, 0.717) is 0 Å². The monoisotopic (exact) mass is 1040 g/mol. The molecular formula is C81H57N. The quantitative estimate of drug-likeness (QED) is 0.166. The summed E-state index contributed by atoms with van der Waals surface area (Å²) in [6, 6.07) is 88.9. The van der Waals surface area contributed by atoms with Crippen molar-refractivity contribution in [3.63, 3.8) is 0 Å². The Morgan fingerprint density at radius 2 is 0.634 bits per heavy atom. The smallest absolute Gasteiger partial charge is 0.0541 e. The van der Waals surface area contributed by atoms with Crippen LogP contribution < -0.4 is 0 Å². The van der Waals surface area contributed by atoms with E-state index < -0.39 is 0 Å². The number of nitrogens with zero attached hydrogens (tertiary/aromatic N) is 1. The highest BCUT2D eigenvalue weighted by atomic mass is 15.0.